The Morgan fingerprint density at radius 3 is 3.05 bits per heavy atom. The molecule has 1 aliphatic rings. The van der Waals surface area contributed by atoms with E-state index in [-0.39, 0.29) is 5.91 Å². The van der Waals surface area contributed by atoms with Gasteiger partial charge in [0.05, 0.1) is 0 Å². The molecule has 0 aromatic carbocycles. The summed E-state index contributed by atoms with van der Waals surface area (Å²) in [6.07, 6.45) is 8.15. The molecular formula is C16H23N5O. The highest BCUT2D eigenvalue weighted by Gasteiger charge is 2.24. The number of carbonyl (C=O) groups excluding carboxylic acids is 1. The van der Waals surface area contributed by atoms with E-state index in [2.05, 4.69) is 15.3 Å². The van der Waals surface area contributed by atoms with Crippen LogP contribution >= 0.6 is 0 Å². The van der Waals surface area contributed by atoms with Crippen LogP contribution in [-0.2, 0) is 24.7 Å². The predicted octanol–water partition coefficient (Wildman–Crippen LogP) is 1.56. The van der Waals surface area contributed by atoms with Crippen LogP contribution in [-0.4, -0.2) is 43.9 Å². The molecule has 0 bridgehead atoms. The molecule has 6 heteroatoms. The molecule has 1 amide bonds. The third-order valence-corrected chi connectivity index (χ3v) is 4.46. The number of nitrogens with one attached hydrogen (secondary N) is 1. The number of nitrogens with zero attached hydrogens (tertiary/aromatic N) is 4. The summed E-state index contributed by atoms with van der Waals surface area (Å²) in [5.74, 6) is 0.797. The van der Waals surface area contributed by atoms with Crippen molar-refractivity contribution in [2.75, 3.05) is 13.1 Å². The van der Waals surface area contributed by atoms with E-state index in [1.54, 1.807) is 12.4 Å². The summed E-state index contributed by atoms with van der Waals surface area (Å²) in [5, 5.41) is 11.2. The molecule has 0 saturated carbocycles. The molecule has 3 rings (SSSR count). The first-order chi connectivity index (χ1) is 10.7. The molecular weight excluding hydrogens is 278 g/mol. The van der Waals surface area contributed by atoms with Crippen molar-refractivity contribution in [2.45, 2.75) is 32.1 Å². The lowest BCUT2D eigenvalue weighted by Gasteiger charge is -2.32. The van der Waals surface area contributed by atoms with Crippen LogP contribution in [0, 0.1) is 5.92 Å². The van der Waals surface area contributed by atoms with Gasteiger partial charge in [0.2, 0.25) is 5.91 Å². The molecule has 0 radical (unpaired) electrons. The minimum Gasteiger partial charge on any atom is -0.342 e. The number of likely N-dealkylation sites (tertiary alicyclic amines) is 1. The number of amides is 1. The van der Waals surface area contributed by atoms with Crippen molar-refractivity contribution in [1.82, 2.24) is 24.9 Å². The van der Waals surface area contributed by atoms with E-state index in [4.69, 9.17) is 0 Å². The van der Waals surface area contributed by atoms with Crippen LogP contribution < -0.4 is 0 Å². The largest absolute Gasteiger partial charge is 0.342 e. The predicted molar refractivity (Wildman–Crippen MR) is 83.1 cm³/mol. The number of H-pyrrole nitrogens is 1. The third-order valence-electron chi connectivity index (χ3n) is 4.46. The molecule has 1 aliphatic heterocycles. The molecule has 0 spiro atoms. The van der Waals surface area contributed by atoms with Crippen LogP contribution in [0.5, 0.6) is 0 Å². The van der Waals surface area contributed by atoms with Gasteiger partial charge in [0, 0.05) is 50.3 Å². The lowest BCUT2D eigenvalue weighted by atomic mass is 9.93. The van der Waals surface area contributed by atoms with Crippen LogP contribution in [0.25, 0.3) is 0 Å². The van der Waals surface area contributed by atoms with Gasteiger partial charge in [-0.05, 0) is 43.7 Å². The van der Waals surface area contributed by atoms with Crippen LogP contribution in [0.3, 0.4) is 0 Å². The van der Waals surface area contributed by atoms with Gasteiger partial charge in [0.15, 0.2) is 0 Å². The first-order valence-electron chi connectivity index (χ1n) is 7.95. The molecule has 3 heterocycles. The number of piperidine rings is 1. The van der Waals surface area contributed by atoms with Gasteiger partial charge in [0.25, 0.3) is 0 Å². The highest BCUT2D eigenvalue weighted by atomic mass is 16.2. The lowest BCUT2D eigenvalue weighted by Crippen LogP contribution is -2.40. The molecule has 1 N–H and O–H groups in total. The van der Waals surface area contributed by atoms with Crippen molar-refractivity contribution in [3.8, 4) is 0 Å². The monoisotopic (exact) mass is 301 g/mol. The van der Waals surface area contributed by atoms with Gasteiger partial charge in [-0.2, -0.15) is 10.2 Å². The average molecular weight is 301 g/mol. The first-order valence-corrected chi connectivity index (χ1v) is 7.95. The summed E-state index contributed by atoms with van der Waals surface area (Å²) in [4.78, 5) is 14.5. The maximum Gasteiger partial charge on any atom is 0.222 e. The van der Waals surface area contributed by atoms with Crippen LogP contribution in [0.4, 0.5) is 0 Å². The van der Waals surface area contributed by atoms with Crippen molar-refractivity contribution in [2.24, 2.45) is 13.0 Å². The second kappa shape index (κ2) is 6.77. The Morgan fingerprint density at radius 2 is 2.32 bits per heavy atom. The zero-order valence-corrected chi connectivity index (χ0v) is 13.0. The van der Waals surface area contributed by atoms with E-state index in [1.807, 2.05) is 28.8 Å². The summed E-state index contributed by atoms with van der Waals surface area (Å²) in [6.45, 7) is 1.76. The molecule has 1 saturated heterocycles. The van der Waals surface area contributed by atoms with Gasteiger partial charge >= 0.3 is 0 Å². The molecule has 118 valence electrons. The van der Waals surface area contributed by atoms with E-state index >= 15 is 0 Å². The maximum atomic E-state index is 12.4. The minimum absolute atomic E-state index is 0.260. The Kier molecular flexibility index (Phi) is 4.56. The summed E-state index contributed by atoms with van der Waals surface area (Å²) in [5.41, 5.74) is 2.27. The second-order valence-electron chi connectivity index (χ2n) is 6.08. The summed E-state index contributed by atoms with van der Waals surface area (Å²) < 4.78 is 1.84. The zero-order valence-electron chi connectivity index (χ0n) is 13.0. The van der Waals surface area contributed by atoms with E-state index in [0.717, 1.165) is 43.7 Å². The number of aryl methyl sites for hydroxylation is 2. The Balaban J connectivity index is 1.50. The Bertz CT molecular complexity index is 604. The van der Waals surface area contributed by atoms with Crippen molar-refractivity contribution in [1.29, 1.82) is 0 Å². The molecule has 6 nitrogen and oxygen atoms in total. The van der Waals surface area contributed by atoms with Crippen LogP contribution in [0.2, 0.25) is 0 Å². The van der Waals surface area contributed by atoms with Gasteiger partial charge in [-0.15, -0.1) is 0 Å². The average Bonchev–Trinajstić information content (AvgIpc) is 3.17. The van der Waals surface area contributed by atoms with Crippen molar-refractivity contribution in [3.05, 3.63) is 35.9 Å². The molecule has 0 aliphatic carbocycles. The normalized spacial score (nSPS) is 18.6. The van der Waals surface area contributed by atoms with E-state index in [0.29, 0.717) is 12.3 Å². The van der Waals surface area contributed by atoms with E-state index < -0.39 is 0 Å². The Labute approximate surface area is 130 Å². The fraction of sp³-hybridized carbons (Fsp3) is 0.562. The number of aromatic amines is 1. The van der Waals surface area contributed by atoms with E-state index in [1.165, 1.54) is 6.42 Å². The quantitative estimate of drug-likeness (QED) is 0.911. The SMILES string of the molecule is Cn1nccc1CCC(=O)N1CCCC(Cc2ccn[nH]2)C1. The summed E-state index contributed by atoms with van der Waals surface area (Å²) in [6, 6.07) is 3.99. The molecule has 1 fully saturated rings. The second-order valence-corrected chi connectivity index (χ2v) is 6.08. The smallest absolute Gasteiger partial charge is 0.222 e. The van der Waals surface area contributed by atoms with Crippen LogP contribution in [0.1, 0.15) is 30.7 Å². The van der Waals surface area contributed by atoms with Crippen molar-refractivity contribution < 1.29 is 4.79 Å². The highest BCUT2D eigenvalue weighted by molar-refractivity contribution is 5.76. The first kappa shape index (κ1) is 14.8. The zero-order chi connectivity index (χ0) is 15.4. The Morgan fingerprint density at radius 1 is 1.41 bits per heavy atom. The topological polar surface area (TPSA) is 66.8 Å². The fourth-order valence-electron chi connectivity index (χ4n) is 3.21. The lowest BCUT2D eigenvalue weighted by molar-refractivity contribution is -0.133. The van der Waals surface area contributed by atoms with Crippen LogP contribution in [0.15, 0.2) is 24.5 Å². The van der Waals surface area contributed by atoms with E-state index in [9.17, 15) is 4.79 Å². The van der Waals surface area contributed by atoms with Gasteiger partial charge in [-0.3, -0.25) is 14.6 Å². The minimum atomic E-state index is 0.260. The van der Waals surface area contributed by atoms with Crippen molar-refractivity contribution >= 4 is 5.91 Å². The van der Waals surface area contributed by atoms with Gasteiger partial charge in [-0.1, -0.05) is 0 Å². The number of hydrogen-bond acceptors (Lipinski definition) is 3. The molecule has 1 atom stereocenters. The van der Waals surface area contributed by atoms with Gasteiger partial charge < -0.3 is 4.90 Å². The summed E-state index contributed by atoms with van der Waals surface area (Å²) in [7, 11) is 1.92. The van der Waals surface area contributed by atoms with Gasteiger partial charge in [-0.25, -0.2) is 0 Å². The highest BCUT2D eigenvalue weighted by Crippen LogP contribution is 2.21. The number of hydrogen-bond donors (Lipinski definition) is 1. The molecule has 22 heavy (non-hydrogen) atoms. The molecule has 1 unspecified atom stereocenters. The fourth-order valence-corrected chi connectivity index (χ4v) is 3.21. The molecule has 2 aromatic rings. The molecule has 2 aromatic heterocycles. The Hall–Kier alpha value is -2.11. The number of aromatic nitrogens is 4. The van der Waals surface area contributed by atoms with Crippen molar-refractivity contribution in [3.63, 3.8) is 0 Å². The number of carbonyl (C=O) groups is 1. The summed E-state index contributed by atoms with van der Waals surface area (Å²) >= 11 is 0. The van der Waals surface area contributed by atoms with Gasteiger partial charge in [0.1, 0.15) is 0 Å². The number of rotatable bonds is 5. The maximum absolute atomic E-state index is 12.4. The third kappa shape index (κ3) is 3.55. The standard InChI is InChI=1S/C16H23N5O/c1-20-15(7-9-18-20)4-5-16(22)21-10-2-3-13(12-21)11-14-6-8-17-19-14/h6-9,13H,2-5,10-12H2,1H3,(H,17,19).